The lowest BCUT2D eigenvalue weighted by Crippen LogP contribution is -2.31. The first-order valence-electron chi connectivity index (χ1n) is 8.28. The minimum atomic E-state index is -0.467. The van der Waals surface area contributed by atoms with Gasteiger partial charge in [0.2, 0.25) is 0 Å². The molecule has 1 amide bonds. The fourth-order valence-corrected chi connectivity index (χ4v) is 3.03. The summed E-state index contributed by atoms with van der Waals surface area (Å²) >= 11 is 3.38. The lowest BCUT2D eigenvalue weighted by atomic mass is 10.0. The molecule has 1 unspecified atom stereocenters. The highest BCUT2D eigenvalue weighted by molar-refractivity contribution is 9.10. The topological polar surface area (TPSA) is 65.4 Å². The van der Waals surface area contributed by atoms with Gasteiger partial charge in [0.05, 0.1) is 14.2 Å². The van der Waals surface area contributed by atoms with Gasteiger partial charge in [-0.1, -0.05) is 15.9 Å². The number of aryl methyl sites for hydroxylation is 1. The van der Waals surface area contributed by atoms with Crippen molar-refractivity contribution in [2.24, 2.45) is 7.05 Å². The molecule has 3 aromatic rings. The third-order valence-corrected chi connectivity index (χ3v) is 4.73. The van der Waals surface area contributed by atoms with Crippen molar-refractivity contribution >= 4 is 21.8 Å². The van der Waals surface area contributed by atoms with Gasteiger partial charge in [0.25, 0.3) is 5.91 Å². The molecule has 0 spiro atoms. The molecule has 1 N–H and O–H groups in total. The quantitative estimate of drug-likeness (QED) is 0.648. The highest BCUT2D eigenvalue weighted by Crippen LogP contribution is 2.29. The van der Waals surface area contributed by atoms with Crippen LogP contribution in [0.1, 0.15) is 27.8 Å². The van der Waals surface area contributed by atoms with Crippen LogP contribution in [-0.4, -0.2) is 29.7 Å². The Labute approximate surface area is 166 Å². The number of aromatic nitrogens is 2. The number of methoxy groups -OCH3 is 2. The van der Waals surface area contributed by atoms with Crippen molar-refractivity contribution < 1.29 is 14.3 Å². The Balaban J connectivity index is 2.01. The van der Waals surface area contributed by atoms with Crippen molar-refractivity contribution in [1.29, 1.82) is 0 Å². The van der Waals surface area contributed by atoms with Gasteiger partial charge in [-0.3, -0.25) is 4.79 Å². The van der Waals surface area contributed by atoms with E-state index in [1.54, 1.807) is 38.6 Å². The number of hydrogen-bond acceptors (Lipinski definition) is 4. The molecule has 1 atom stereocenters. The second-order valence-electron chi connectivity index (χ2n) is 5.96. The zero-order valence-corrected chi connectivity index (χ0v) is 16.9. The van der Waals surface area contributed by atoms with Crippen LogP contribution in [0.15, 0.2) is 59.3 Å². The second kappa shape index (κ2) is 8.26. The normalized spacial score (nSPS) is 11.7. The Morgan fingerprint density at radius 1 is 1.11 bits per heavy atom. The average molecular weight is 430 g/mol. The fourth-order valence-electron chi connectivity index (χ4n) is 2.76. The number of carbonyl (C=O) groups is 1. The van der Waals surface area contributed by atoms with Gasteiger partial charge in [-0.25, -0.2) is 4.98 Å². The average Bonchev–Trinajstić information content (AvgIpc) is 3.11. The van der Waals surface area contributed by atoms with E-state index in [9.17, 15) is 4.79 Å². The molecule has 27 heavy (non-hydrogen) atoms. The molecule has 6 nitrogen and oxygen atoms in total. The Kier molecular flexibility index (Phi) is 5.81. The van der Waals surface area contributed by atoms with Gasteiger partial charge in [-0.05, 0) is 42.0 Å². The van der Waals surface area contributed by atoms with Gasteiger partial charge in [0, 0.05) is 35.5 Å². The van der Waals surface area contributed by atoms with E-state index in [0.29, 0.717) is 22.9 Å². The summed E-state index contributed by atoms with van der Waals surface area (Å²) in [6, 6.07) is 12.2. The number of nitrogens with zero attached hydrogens (tertiary/aromatic N) is 2. The zero-order valence-electron chi connectivity index (χ0n) is 15.3. The summed E-state index contributed by atoms with van der Waals surface area (Å²) < 4.78 is 13.5. The van der Waals surface area contributed by atoms with Crippen LogP contribution in [0.2, 0.25) is 0 Å². The van der Waals surface area contributed by atoms with Crippen LogP contribution in [0.4, 0.5) is 0 Å². The molecular weight excluding hydrogens is 410 g/mol. The number of halogens is 1. The molecular formula is C20H20BrN3O3. The predicted octanol–water partition coefficient (Wildman–Crippen LogP) is 3.72. The summed E-state index contributed by atoms with van der Waals surface area (Å²) in [4.78, 5) is 17.3. The van der Waals surface area contributed by atoms with Crippen LogP contribution in [-0.2, 0) is 7.05 Å². The second-order valence-corrected chi connectivity index (χ2v) is 6.87. The van der Waals surface area contributed by atoms with Crippen LogP contribution >= 0.6 is 15.9 Å². The van der Waals surface area contributed by atoms with Crippen molar-refractivity contribution in [2.45, 2.75) is 6.04 Å². The predicted molar refractivity (Wildman–Crippen MR) is 106 cm³/mol. The lowest BCUT2D eigenvalue weighted by Gasteiger charge is -2.20. The third kappa shape index (κ3) is 4.31. The molecule has 140 valence electrons. The number of hydrogen-bond donors (Lipinski definition) is 1. The maximum absolute atomic E-state index is 12.8. The molecule has 1 heterocycles. The fraction of sp³-hybridized carbons (Fsp3) is 0.200. The van der Waals surface area contributed by atoms with Crippen LogP contribution in [0.25, 0.3) is 0 Å². The van der Waals surface area contributed by atoms with Crippen molar-refractivity contribution in [3.63, 3.8) is 0 Å². The highest BCUT2D eigenvalue weighted by Gasteiger charge is 2.23. The maximum atomic E-state index is 12.8. The van der Waals surface area contributed by atoms with Crippen molar-refractivity contribution in [1.82, 2.24) is 14.9 Å². The third-order valence-electron chi connectivity index (χ3n) is 4.21. The zero-order chi connectivity index (χ0) is 19.4. The molecule has 0 aliphatic heterocycles. The number of nitrogens with one attached hydrogen (secondary N) is 1. The molecule has 0 saturated heterocycles. The molecule has 7 heteroatoms. The number of imidazole rings is 1. The van der Waals surface area contributed by atoms with Gasteiger partial charge < -0.3 is 19.4 Å². The molecule has 0 saturated carbocycles. The molecule has 0 bridgehead atoms. The summed E-state index contributed by atoms with van der Waals surface area (Å²) in [7, 11) is 5.07. The number of benzene rings is 2. The van der Waals surface area contributed by atoms with Crippen LogP contribution in [0.5, 0.6) is 11.5 Å². The Morgan fingerprint density at radius 3 is 2.26 bits per heavy atom. The van der Waals surface area contributed by atoms with Crippen molar-refractivity contribution in [3.8, 4) is 11.5 Å². The Hall–Kier alpha value is -2.80. The largest absolute Gasteiger partial charge is 0.497 e. The first kappa shape index (κ1) is 19.0. The minimum absolute atomic E-state index is 0.197. The van der Waals surface area contributed by atoms with E-state index in [0.717, 1.165) is 10.0 Å². The molecule has 0 radical (unpaired) electrons. The first-order chi connectivity index (χ1) is 13.0. The van der Waals surface area contributed by atoms with E-state index in [-0.39, 0.29) is 5.91 Å². The number of ether oxygens (including phenoxy) is 2. The monoisotopic (exact) mass is 429 g/mol. The smallest absolute Gasteiger partial charge is 0.252 e. The summed E-state index contributed by atoms with van der Waals surface area (Å²) in [5.41, 5.74) is 1.37. The van der Waals surface area contributed by atoms with E-state index in [1.807, 2.05) is 42.1 Å². The van der Waals surface area contributed by atoms with E-state index < -0.39 is 6.04 Å². The summed E-state index contributed by atoms with van der Waals surface area (Å²) in [6.45, 7) is 0. The minimum Gasteiger partial charge on any atom is -0.497 e. The first-order valence-corrected chi connectivity index (χ1v) is 9.07. The van der Waals surface area contributed by atoms with Gasteiger partial charge in [-0.2, -0.15) is 0 Å². The molecule has 2 aromatic carbocycles. The molecule has 0 aliphatic carbocycles. The maximum Gasteiger partial charge on any atom is 0.252 e. The van der Waals surface area contributed by atoms with E-state index in [1.165, 1.54) is 0 Å². The standard InChI is InChI=1S/C20H20BrN3O3/c1-24-9-8-22-19(24)18(14-10-16(26-2)12-17(11-14)27-3)23-20(25)13-4-6-15(21)7-5-13/h4-12,18H,1-3H3,(H,23,25). The van der Waals surface area contributed by atoms with E-state index in [2.05, 4.69) is 26.2 Å². The SMILES string of the molecule is COc1cc(OC)cc(C(NC(=O)c2ccc(Br)cc2)c2nccn2C)c1. The molecule has 3 rings (SSSR count). The molecule has 0 fully saturated rings. The Morgan fingerprint density at radius 2 is 1.74 bits per heavy atom. The number of rotatable bonds is 6. The van der Waals surface area contributed by atoms with Gasteiger partial charge in [0.15, 0.2) is 0 Å². The lowest BCUT2D eigenvalue weighted by molar-refractivity contribution is 0.0941. The number of carbonyl (C=O) groups excluding carboxylic acids is 1. The van der Waals surface area contributed by atoms with Gasteiger partial charge in [0.1, 0.15) is 23.4 Å². The van der Waals surface area contributed by atoms with Crippen LogP contribution in [0.3, 0.4) is 0 Å². The van der Waals surface area contributed by atoms with E-state index >= 15 is 0 Å². The van der Waals surface area contributed by atoms with Crippen LogP contribution in [0, 0.1) is 0 Å². The van der Waals surface area contributed by atoms with Crippen molar-refractivity contribution in [3.05, 3.63) is 76.3 Å². The highest BCUT2D eigenvalue weighted by atomic mass is 79.9. The summed E-state index contributed by atoms with van der Waals surface area (Å²) in [6.07, 6.45) is 3.54. The van der Waals surface area contributed by atoms with Crippen molar-refractivity contribution in [2.75, 3.05) is 14.2 Å². The van der Waals surface area contributed by atoms with Crippen LogP contribution < -0.4 is 14.8 Å². The van der Waals surface area contributed by atoms with Gasteiger partial charge >= 0.3 is 0 Å². The van der Waals surface area contributed by atoms with Gasteiger partial charge in [-0.15, -0.1) is 0 Å². The number of amides is 1. The summed E-state index contributed by atoms with van der Waals surface area (Å²) in [5, 5.41) is 3.07. The molecule has 0 aliphatic rings. The van der Waals surface area contributed by atoms with E-state index in [4.69, 9.17) is 9.47 Å². The molecule has 1 aromatic heterocycles. The Bertz CT molecular complexity index is 916. The summed E-state index contributed by atoms with van der Waals surface area (Å²) in [5.74, 6) is 1.79.